The fourth-order valence-electron chi connectivity index (χ4n) is 6.71. The van der Waals surface area contributed by atoms with Crippen LogP contribution in [0.2, 0.25) is 0 Å². The minimum Gasteiger partial charge on any atom is -0.506 e. The Kier molecular flexibility index (Phi) is 3.79. The number of aliphatic hydroxyl groups excluding tert-OH is 1. The van der Waals surface area contributed by atoms with Crippen LogP contribution < -0.4 is 9.47 Å². The number of fused-ring (bicyclic) bond motifs is 8. The second-order valence-electron chi connectivity index (χ2n) is 9.62. The number of carbonyl (C=O) groups excluding carboxylic acids is 1. The van der Waals surface area contributed by atoms with Gasteiger partial charge in [-0.2, -0.15) is 12.6 Å². The smallest absolute Gasteiger partial charge is 0.214 e. The van der Waals surface area contributed by atoms with Gasteiger partial charge in [0.2, 0.25) is 5.79 Å². The van der Waals surface area contributed by atoms with E-state index < -0.39 is 29.2 Å². The molecule has 0 aromatic heterocycles. The van der Waals surface area contributed by atoms with Crippen LogP contribution >= 0.6 is 12.6 Å². The van der Waals surface area contributed by atoms with Crippen LogP contribution in [0.1, 0.15) is 46.0 Å². The Morgan fingerprint density at radius 1 is 1.30 bits per heavy atom. The van der Waals surface area contributed by atoms with Crippen molar-refractivity contribution >= 4 is 29.2 Å². The maximum Gasteiger partial charge on any atom is 0.214 e. The Hall–Kier alpha value is -2.04. The van der Waals surface area contributed by atoms with Crippen LogP contribution in [0.3, 0.4) is 0 Å². The molecule has 8 nitrogen and oxygen atoms in total. The molecule has 3 fully saturated rings. The van der Waals surface area contributed by atoms with E-state index in [2.05, 4.69) is 12.6 Å². The Balaban J connectivity index is 1.58. The number of aryl methyl sites for hydroxylation is 1. The molecular formula is C24H24O8S. The fourth-order valence-corrected chi connectivity index (χ4v) is 7.11. The van der Waals surface area contributed by atoms with Crippen LogP contribution in [0.5, 0.6) is 17.2 Å². The zero-order valence-corrected chi connectivity index (χ0v) is 19.2. The van der Waals surface area contributed by atoms with Gasteiger partial charge in [0.05, 0.1) is 31.3 Å². The van der Waals surface area contributed by atoms with Crippen molar-refractivity contribution in [1.29, 1.82) is 0 Å². The third-order valence-electron chi connectivity index (χ3n) is 8.25. The molecule has 33 heavy (non-hydrogen) atoms. The molecule has 1 spiro atoms. The lowest BCUT2D eigenvalue weighted by Gasteiger charge is -2.48. The number of benzene rings is 2. The van der Waals surface area contributed by atoms with E-state index in [4.69, 9.17) is 23.7 Å². The third kappa shape index (κ3) is 2.01. The van der Waals surface area contributed by atoms with Gasteiger partial charge in [0.25, 0.3) is 0 Å². The van der Waals surface area contributed by atoms with Crippen molar-refractivity contribution < 1.29 is 38.7 Å². The molecule has 2 aromatic carbocycles. The monoisotopic (exact) mass is 472 g/mol. The van der Waals surface area contributed by atoms with Crippen molar-refractivity contribution in [1.82, 2.24) is 0 Å². The number of ketones is 1. The highest BCUT2D eigenvalue weighted by molar-refractivity contribution is 7.80. The molecule has 5 aliphatic rings. The molecule has 4 aliphatic heterocycles. The molecule has 5 atom stereocenters. The first-order chi connectivity index (χ1) is 15.9. The summed E-state index contributed by atoms with van der Waals surface area (Å²) in [7, 11) is 1.57. The van der Waals surface area contributed by atoms with Gasteiger partial charge in [0, 0.05) is 28.7 Å². The average molecular weight is 473 g/mol. The topological polar surface area (TPSA) is 107 Å². The van der Waals surface area contributed by atoms with E-state index in [0.717, 1.165) is 16.7 Å². The number of rotatable bonds is 3. The van der Waals surface area contributed by atoms with Crippen LogP contribution in [-0.2, 0) is 20.6 Å². The van der Waals surface area contributed by atoms with Gasteiger partial charge in [-0.05, 0) is 31.4 Å². The second kappa shape index (κ2) is 6.14. The highest BCUT2D eigenvalue weighted by Crippen LogP contribution is 2.70. The number of aromatic hydroxyl groups is 1. The number of thiol groups is 1. The van der Waals surface area contributed by atoms with E-state index in [1.54, 1.807) is 7.11 Å². The van der Waals surface area contributed by atoms with Gasteiger partial charge in [-0.3, -0.25) is 4.79 Å². The van der Waals surface area contributed by atoms with Gasteiger partial charge in [0.1, 0.15) is 29.5 Å². The zero-order chi connectivity index (χ0) is 22.9. The molecule has 4 heterocycles. The number of Topliss-reactive ketones (excluding diaryl/α,β-unsaturated/α-hetero) is 1. The molecule has 3 unspecified atom stereocenters. The minimum absolute atomic E-state index is 0.113. The molecule has 0 amide bonds. The van der Waals surface area contributed by atoms with Crippen molar-refractivity contribution in [3.8, 4) is 17.2 Å². The van der Waals surface area contributed by atoms with Crippen LogP contribution in [0.4, 0.5) is 0 Å². The van der Waals surface area contributed by atoms with Crippen LogP contribution in [0.25, 0.3) is 10.8 Å². The number of hydrogen-bond acceptors (Lipinski definition) is 9. The van der Waals surface area contributed by atoms with E-state index in [-0.39, 0.29) is 23.9 Å². The molecule has 2 aromatic rings. The molecular weight excluding hydrogens is 448 g/mol. The number of phenols is 1. The van der Waals surface area contributed by atoms with Crippen LogP contribution in [0, 0.1) is 6.92 Å². The van der Waals surface area contributed by atoms with E-state index in [9.17, 15) is 15.0 Å². The first-order valence-electron chi connectivity index (χ1n) is 11.2. The summed E-state index contributed by atoms with van der Waals surface area (Å²) < 4.78 is 31.1. The van der Waals surface area contributed by atoms with Gasteiger partial charge >= 0.3 is 0 Å². The summed E-state index contributed by atoms with van der Waals surface area (Å²) in [5, 5.41) is 23.1. The first-order valence-corrected chi connectivity index (χ1v) is 11.8. The molecule has 2 N–H and O–H groups in total. The van der Waals surface area contributed by atoms with Crippen molar-refractivity contribution in [2.75, 3.05) is 26.1 Å². The lowest BCUT2D eigenvalue weighted by atomic mass is 9.73. The molecule has 2 bridgehead atoms. The van der Waals surface area contributed by atoms with Crippen molar-refractivity contribution in [2.24, 2.45) is 0 Å². The highest BCUT2D eigenvalue weighted by atomic mass is 32.1. The normalized spacial score (nSPS) is 37.3. The largest absolute Gasteiger partial charge is 0.506 e. The van der Waals surface area contributed by atoms with Crippen molar-refractivity contribution in [3.63, 3.8) is 0 Å². The summed E-state index contributed by atoms with van der Waals surface area (Å²) in [5.74, 6) is -0.163. The first kappa shape index (κ1) is 20.3. The summed E-state index contributed by atoms with van der Waals surface area (Å²) in [4.78, 5) is 12.9. The average Bonchev–Trinajstić information content (AvgIpc) is 3.47. The Labute approximate surface area is 195 Å². The fraction of sp³-hybridized carbons (Fsp3) is 0.542. The molecule has 1 aliphatic carbocycles. The molecule has 3 saturated heterocycles. The van der Waals surface area contributed by atoms with Gasteiger partial charge in [-0.25, -0.2) is 0 Å². The summed E-state index contributed by atoms with van der Waals surface area (Å²) >= 11 is 4.48. The predicted molar refractivity (Wildman–Crippen MR) is 119 cm³/mol. The van der Waals surface area contributed by atoms with E-state index in [0.29, 0.717) is 53.7 Å². The lowest BCUT2D eigenvalue weighted by Crippen LogP contribution is -2.68. The highest BCUT2D eigenvalue weighted by Gasteiger charge is 2.89. The summed E-state index contributed by atoms with van der Waals surface area (Å²) in [6, 6.07) is 1.94. The van der Waals surface area contributed by atoms with Gasteiger partial charge in [0.15, 0.2) is 17.0 Å². The Morgan fingerprint density at radius 2 is 2.09 bits per heavy atom. The second-order valence-corrected chi connectivity index (χ2v) is 9.94. The van der Waals surface area contributed by atoms with Gasteiger partial charge in [-0.15, -0.1) is 0 Å². The SMILES string of the molecule is COc1c2c(c(O)c3c4c(c(C)cc13)C1OC3(CS)OC1[C@@](CO)(O4)[C@@]31CO1)C(=O)CCC2. The summed E-state index contributed by atoms with van der Waals surface area (Å²) in [5.41, 5.74) is 0.422. The molecule has 7 rings (SSSR count). The number of ether oxygens (including phenoxy) is 5. The maximum atomic E-state index is 12.9. The summed E-state index contributed by atoms with van der Waals surface area (Å²) in [6.45, 7) is 1.89. The van der Waals surface area contributed by atoms with Crippen LogP contribution in [0.15, 0.2) is 6.07 Å². The van der Waals surface area contributed by atoms with E-state index >= 15 is 0 Å². The van der Waals surface area contributed by atoms with Crippen molar-refractivity contribution in [3.05, 3.63) is 28.3 Å². The number of methoxy groups -OCH3 is 1. The number of phenolic OH excluding ortho intramolecular Hbond substituents is 1. The van der Waals surface area contributed by atoms with E-state index in [1.807, 2.05) is 13.0 Å². The Bertz CT molecular complexity index is 1270. The molecule has 0 saturated carbocycles. The minimum atomic E-state index is -1.22. The third-order valence-corrected chi connectivity index (χ3v) is 8.66. The maximum absolute atomic E-state index is 12.9. The lowest BCUT2D eigenvalue weighted by molar-refractivity contribution is -0.214. The number of epoxide rings is 1. The van der Waals surface area contributed by atoms with Gasteiger partial charge < -0.3 is 33.9 Å². The number of aliphatic hydroxyl groups is 1. The zero-order valence-electron chi connectivity index (χ0n) is 18.3. The standard InChI is InChI=1S/C24H24O8S/c1-10-6-12-16(17(27)15-11(18(12)28-2)4-3-5-13(15)26)19-14(10)20-21-22(7-25,30-19)23(8-29-23)24(9-33,31-20)32-21/h6,20-21,25,27,33H,3-5,7-9H2,1-2H3/t20?,21?,22-,23+,24?/m1/s1. The molecule has 9 heteroatoms. The summed E-state index contributed by atoms with van der Waals surface area (Å²) in [6.07, 6.45) is 0.595. The number of carbonyl (C=O) groups is 1. The van der Waals surface area contributed by atoms with E-state index in [1.165, 1.54) is 0 Å². The Morgan fingerprint density at radius 3 is 2.76 bits per heavy atom. The predicted octanol–water partition coefficient (Wildman–Crippen LogP) is 2.37. The molecule has 174 valence electrons. The number of hydrogen-bond donors (Lipinski definition) is 3. The quantitative estimate of drug-likeness (QED) is 0.462. The van der Waals surface area contributed by atoms with Gasteiger partial charge in [-0.1, -0.05) is 0 Å². The molecule has 0 radical (unpaired) electrons. The van der Waals surface area contributed by atoms with Crippen molar-refractivity contribution in [2.45, 2.75) is 55.4 Å². The van der Waals surface area contributed by atoms with Crippen LogP contribution in [-0.4, -0.2) is 65.2 Å².